The zero-order chi connectivity index (χ0) is 12.5. The Hall–Kier alpha value is -1.55. The molecule has 0 spiro atoms. The van der Waals surface area contributed by atoms with Crippen molar-refractivity contribution in [3.05, 3.63) is 45.9 Å². The van der Waals surface area contributed by atoms with Crippen LogP contribution in [0.4, 0.5) is 10.1 Å². The average molecular weight is 263 g/mol. The molecule has 1 aliphatic rings. The predicted octanol–water partition coefficient (Wildman–Crippen LogP) is 4.08. The zero-order valence-electron chi connectivity index (χ0n) is 9.82. The Morgan fingerprint density at radius 2 is 2.22 bits per heavy atom. The average Bonchev–Trinajstić information content (AvgIpc) is 2.83. The van der Waals surface area contributed by atoms with Gasteiger partial charge >= 0.3 is 0 Å². The second-order valence-corrected chi connectivity index (χ2v) is 5.56. The Bertz CT molecular complexity index is 567. The van der Waals surface area contributed by atoms with Crippen molar-refractivity contribution < 1.29 is 9.50 Å². The summed E-state index contributed by atoms with van der Waals surface area (Å²) in [6.45, 7) is 0. The second-order valence-electron chi connectivity index (χ2n) is 4.55. The third-order valence-electron chi connectivity index (χ3n) is 3.34. The van der Waals surface area contributed by atoms with E-state index in [1.807, 2.05) is 0 Å². The molecule has 2 aromatic rings. The lowest BCUT2D eigenvalue weighted by Crippen LogP contribution is -2.15. The van der Waals surface area contributed by atoms with Crippen LogP contribution in [0, 0.1) is 5.82 Å². The van der Waals surface area contributed by atoms with Crippen LogP contribution >= 0.6 is 11.3 Å². The van der Waals surface area contributed by atoms with E-state index in [2.05, 4.69) is 16.8 Å². The van der Waals surface area contributed by atoms with Gasteiger partial charge in [-0.05, 0) is 48.4 Å². The number of phenols is 1. The number of aromatic hydroxyl groups is 1. The molecule has 1 aromatic heterocycles. The largest absolute Gasteiger partial charge is 0.505 e. The molecule has 0 saturated carbocycles. The van der Waals surface area contributed by atoms with Gasteiger partial charge in [0.15, 0.2) is 11.6 Å². The summed E-state index contributed by atoms with van der Waals surface area (Å²) < 4.78 is 13.3. The lowest BCUT2D eigenvalue weighted by molar-refractivity contribution is 0.432. The number of nitrogens with one attached hydrogen (secondary N) is 1. The minimum Gasteiger partial charge on any atom is -0.505 e. The highest BCUT2D eigenvalue weighted by molar-refractivity contribution is 7.10. The first kappa shape index (κ1) is 11.5. The third kappa shape index (κ3) is 2.08. The molecule has 1 aliphatic carbocycles. The van der Waals surface area contributed by atoms with Gasteiger partial charge in [0.25, 0.3) is 0 Å². The van der Waals surface area contributed by atoms with E-state index in [0.29, 0.717) is 5.69 Å². The molecule has 0 radical (unpaired) electrons. The molecular weight excluding hydrogens is 249 g/mol. The van der Waals surface area contributed by atoms with Crippen molar-refractivity contribution in [2.24, 2.45) is 0 Å². The number of fused-ring (bicyclic) bond motifs is 1. The van der Waals surface area contributed by atoms with Crippen LogP contribution in [0.1, 0.15) is 29.3 Å². The molecule has 2 nitrogen and oxygen atoms in total. The minimum absolute atomic E-state index is 0.254. The first-order valence-corrected chi connectivity index (χ1v) is 6.93. The Morgan fingerprint density at radius 1 is 1.33 bits per heavy atom. The van der Waals surface area contributed by atoms with Gasteiger partial charge in [0.05, 0.1) is 6.04 Å². The highest BCUT2D eigenvalue weighted by Gasteiger charge is 2.21. The maximum absolute atomic E-state index is 13.3. The molecule has 1 unspecified atom stereocenters. The highest BCUT2D eigenvalue weighted by Crippen LogP contribution is 2.35. The number of anilines is 1. The molecule has 1 heterocycles. The molecule has 94 valence electrons. The molecule has 0 aliphatic heterocycles. The predicted molar refractivity (Wildman–Crippen MR) is 71.7 cm³/mol. The Labute approximate surface area is 109 Å². The van der Waals surface area contributed by atoms with Crippen molar-refractivity contribution in [1.29, 1.82) is 0 Å². The lowest BCUT2D eigenvalue weighted by Gasteiger charge is -2.24. The number of phenolic OH excluding ortho intramolecular Hbond substituents is 1. The molecule has 0 amide bonds. The topological polar surface area (TPSA) is 32.3 Å². The monoisotopic (exact) mass is 263 g/mol. The van der Waals surface area contributed by atoms with Crippen molar-refractivity contribution in [2.45, 2.75) is 25.3 Å². The molecule has 1 aromatic carbocycles. The maximum atomic E-state index is 13.3. The van der Waals surface area contributed by atoms with Crippen LogP contribution in [-0.4, -0.2) is 5.11 Å². The molecule has 18 heavy (non-hydrogen) atoms. The summed E-state index contributed by atoms with van der Waals surface area (Å²) in [4.78, 5) is 1.43. The van der Waals surface area contributed by atoms with Gasteiger partial charge in [-0.3, -0.25) is 0 Å². The van der Waals surface area contributed by atoms with Gasteiger partial charge in [0, 0.05) is 16.6 Å². The number of hydrogen-bond donors (Lipinski definition) is 2. The van der Waals surface area contributed by atoms with Crippen LogP contribution in [0.5, 0.6) is 5.75 Å². The number of hydrogen-bond acceptors (Lipinski definition) is 3. The fourth-order valence-electron chi connectivity index (χ4n) is 2.43. The molecule has 1 atom stereocenters. The van der Waals surface area contributed by atoms with E-state index in [4.69, 9.17) is 0 Å². The molecule has 0 saturated heterocycles. The van der Waals surface area contributed by atoms with E-state index in [9.17, 15) is 9.50 Å². The van der Waals surface area contributed by atoms with E-state index in [1.165, 1.54) is 22.6 Å². The van der Waals surface area contributed by atoms with Crippen molar-refractivity contribution >= 4 is 17.0 Å². The maximum Gasteiger partial charge on any atom is 0.166 e. The lowest BCUT2D eigenvalue weighted by atomic mass is 9.94. The van der Waals surface area contributed by atoms with Crippen LogP contribution < -0.4 is 5.32 Å². The number of aryl methyl sites for hydroxylation is 1. The van der Waals surface area contributed by atoms with Crippen LogP contribution in [0.3, 0.4) is 0 Å². The van der Waals surface area contributed by atoms with Crippen molar-refractivity contribution in [3.8, 4) is 5.75 Å². The quantitative estimate of drug-likeness (QED) is 0.800. The first-order valence-electron chi connectivity index (χ1n) is 6.05. The molecule has 4 heteroatoms. The SMILES string of the molecule is Oc1ccc(NC2CCCc3sccc32)cc1F. The second kappa shape index (κ2) is 4.61. The minimum atomic E-state index is -0.582. The van der Waals surface area contributed by atoms with Gasteiger partial charge in [-0.25, -0.2) is 4.39 Å². The van der Waals surface area contributed by atoms with E-state index in [1.54, 1.807) is 17.4 Å². The summed E-state index contributed by atoms with van der Waals surface area (Å²) in [5.74, 6) is -0.887. The van der Waals surface area contributed by atoms with Crippen molar-refractivity contribution in [1.82, 2.24) is 0 Å². The Balaban J connectivity index is 1.84. The number of benzene rings is 1. The van der Waals surface area contributed by atoms with Crippen LogP contribution in [0.2, 0.25) is 0 Å². The molecule has 0 bridgehead atoms. The summed E-state index contributed by atoms with van der Waals surface area (Å²) >= 11 is 1.79. The number of halogens is 1. The van der Waals surface area contributed by atoms with Gasteiger partial charge in [-0.1, -0.05) is 0 Å². The fourth-order valence-corrected chi connectivity index (χ4v) is 3.42. The van der Waals surface area contributed by atoms with Gasteiger partial charge in [-0.15, -0.1) is 11.3 Å². The molecule has 2 N–H and O–H groups in total. The van der Waals surface area contributed by atoms with E-state index < -0.39 is 5.82 Å². The summed E-state index contributed by atoms with van der Waals surface area (Å²) in [5, 5.41) is 14.6. The number of thiophene rings is 1. The molecule has 0 fully saturated rings. The number of rotatable bonds is 2. The smallest absolute Gasteiger partial charge is 0.166 e. The van der Waals surface area contributed by atoms with Crippen LogP contribution in [0.25, 0.3) is 0 Å². The standard InChI is InChI=1S/C14H14FNOS/c15-11-8-9(4-5-13(11)17)16-12-2-1-3-14-10(12)6-7-18-14/h4-8,12,16-17H,1-3H2. The van der Waals surface area contributed by atoms with Crippen molar-refractivity contribution in [2.75, 3.05) is 5.32 Å². The molecular formula is C14H14FNOS. The van der Waals surface area contributed by atoms with Crippen LogP contribution in [0.15, 0.2) is 29.6 Å². The fraction of sp³-hybridized carbons (Fsp3) is 0.286. The zero-order valence-corrected chi connectivity index (χ0v) is 10.6. The molecule has 3 rings (SSSR count). The van der Waals surface area contributed by atoms with Gasteiger partial charge in [0.2, 0.25) is 0 Å². The summed E-state index contributed by atoms with van der Waals surface area (Å²) in [7, 11) is 0. The van der Waals surface area contributed by atoms with Gasteiger partial charge in [0.1, 0.15) is 0 Å². The van der Waals surface area contributed by atoms with E-state index in [0.717, 1.165) is 19.3 Å². The van der Waals surface area contributed by atoms with E-state index in [-0.39, 0.29) is 11.8 Å². The normalized spacial score (nSPS) is 18.4. The summed E-state index contributed by atoms with van der Waals surface area (Å²) in [6.07, 6.45) is 3.37. The third-order valence-corrected chi connectivity index (χ3v) is 4.34. The Morgan fingerprint density at radius 3 is 3.06 bits per heavy atom. The Kier molecular flexibility index (Phi) is 2.96. The van der Waals surface area contributed by atoms with Crippen molar-refractivity contribution in [3.63, 3.8) is 0 Å². The summed E-state index contributed by atoms with van der Waals surface area (Å²) in [6, 6.07) is 6.83. The van der Waals surface area contributed by atoms with Gasteiger partial charge in [-0.2, -0.15) is 0 Å². The van der Waals surface area contributed by atoms with Crippen LogP contribution in [-0.2, 0) is 6.42 Å². The van der Waals surface area contributed by atoms with Gasteiger partial charge < -0.3 is 10.4 Å². The van der Waals surface area contributed by atoms with E-state index >= 15 is 0 Å². The summed E-state index contributed by atoms with van der Waals surface area (Å²) in [5.41, 5.74) is 2.05. The first-order chi connectivity index (χ1) is 8.74. The highest BCUT2D eigenvalue weighted by atomic mass is 32.1.